The highest BCUT2D eigenvalue weighted by Gasteiger charge is 2.48. The maximum Gasteiger partial charge on any atom is 0.137 e. The average Bonchev–Trinajstić information content (AvgIpc) is 2.61. The number of hydrogen-bond acceptors (Lipinski definition) is 2. The molecular weight excluding hydrogens is 284 g/mol. The summed E-state index contributed by atoms with van der Waals surface area (Å²) in [6, 6.07) is 20.1. The van der Waals surface area contributed by atoms with Crippen molar-refractivity contribution in [2.75, 3.05) is 0 Å². The van der Waals surface area contributed by atoms with Crippen LogP contribution in [-0.4, -0.2) is 11.6 Å². The third kappa shape index (κ3) is 2.52. The molecule has 116 valence electrons. The number of ketones is 2. The second kappa shape index (κ2) is 5.77. The third-order valence-corrected chi connectivity index (χ3v) is 5.60. The Bertz CT molecular complexity index is 657. The van der Waals surface area contributed by atoms with Crippen molar-refractivity contribution in [1.29, 1.82) is 0 Å². The van der Waals surface area contributed by atoms with Crippen molar-refractivity contribution in [2.24, 2.45) is 11.8 Å². The molecule has 2 fully saturated rings. The molecule has 2 bridgehead atoms. The fourth-order valence-corrected chi connectivity index (χ4v) is 4.44. The van der Waals surface area contributed by atoms with Crippen molar-refractivity contribution in [3.8, 4) is 0 Å². The minimum atomic E-state index is 0.0139. The van der Waals surface area contributed by atoms with Gasteiger partial charge in [0.05, 0.1) is 0 Å². The Morgan fingerprint density at radius 3 is 1.35 bits per heavy atom. The molecule has 0 saturated heterocycles. The summed E-state index contributed by atoms with van der Waals surface area (Å²) in [4.78, 5) is 25.5. The van der Waals surface area contributed by atoms with E-state index in [4.69, 9.17) is 0 Å². The number of rotatable bonds is 2. The lowest BCUT2D eigenvalue weighted by Gasteiger charge is -2.42. The van der Waals surface area contributed by atoms with E-state index in [-0.39, 0.29) is 23.7 Å². The van der Waals surface area contributed by atoms with Crippen molar-refractivity contribution < 1.29 is 9.59 Å². The van der Waals surface area contributed by atoms with Crippen LogP contribution in [-0.2, 0) is 9.59 Å². The van der Waals surface area contributed by atoms with Crippen molar-refractivity contribution >= 4 is 11.6 Å². The zero-order valence-corrected chi connectivity index (χ0v) is 13.0. The second-order valence-corrected chi connectivity index (χ2v) is 6.82. The summed E-state index contributed by atoms with van der Waals surface area (Å²) in [5.41, 5.74) is 2.27. The summed E-state index contributed by atoms with van der Waals surface area (Å²) >= 11 is 0. The van der Waals surface area contributed by atoms with Crippen molar-refractivity contribution in [1.82, 2.24) is 0 Å². The first kappa shape index (κ1) is 14.4. The van der Waals surface area contributed by atoms with Gasteiger partial charge in [0.15, 0.2) is 0 Å². The molecule has 4 rings (SSSR count). The summed E-state index contributed by atoms with van der Waals surface area (Å²) < 4.78 is 0. The number of fused-ring (bicyclic) bond motifs is 2. The van der Waals surface area contributed by atoms with Gasteiger partial charge in [-0.25, -0.2) is 0 Å². The second-order valence-electron chi connectivity index (χ2n) is 6.82. The first-order chi connectivity index (χ1) is 11.2. The predicted molar refractivity (Wildman–Crippen MR) is 89.2 cm³/mol. The van der Waals surface area contributed by atoms with Crippen molar-refractivity contribution in [2.45, 2.75) is 31.1 Å². The Morgan fingerprint density at radius 1 is 0.565 bits per heavy atom. The molecule has 4 atom stereocenters. The summed E-state index contributed by atoms with van der Waals surface area (Å²) in [5.74, 6) is 0.835. The number of hydrogen-bond donors (Lipinski definition) is 0. The smallest absolute Gasteiger partial charge is 0.137 e. The van der Waals surface area contributed by atoms with E-state index in [0.29, 0.717) is 24.4 Å². The lowest BCUT2D eigenvalue weighted by Crippen LogP contribution is -2.43. The number of carbonyl (C=O) groups is 2. The quantitative estimate of drug-likeness (QED) is 0.836. The summed E-state index contributed by atoms with van der Waals surface area (Å²) in [6.07, 6.45) is 1.74. The van der Waals surface area contributed by atoms with Gasteiger partial charge in [0, 0.05) is 36.5 Å². The Kier molecular flexibility index (Phi) is 3.60. The molecule has 0 N–H and O–H groups in total. The van der Waals surface area contributed by atoms with Gasteiger partial charge in [-0.3, -0.25) is 9.59 Å². The predicted octanol–water partition coefficient (Wildman–Crippen LogP) is 4.12. The summed E-state index contributed by atoms with van der Waals surface area (Å²) in [5, 5.41) is 0. The van der Waals surface area contributed by atoms with Crippen LogP contribution in [0.3, 0.4) is 0 Å². The van der Waals surface area contributed by atoms with Crippen LogP contribution in [0.5, 0.6) is 0 Å². The van der Waals surface area contributed by atoms with E-state index in [1.54, 1.807) is 0 Å². The molecule has 2 aliphatic carbocycles. The van der Waals surface area contributed by atoms with Gasteiger partial charge in [0.1, 0.15) is 11.6 Å². The lowest BCUT2D eigenvalue weighted by atomic mass is 9.59. The third-order valence-electron chi connectivity index (χ3n) is 5.60. The van der Waals surface area contributed by atoms with Crippen LogP contribution in [0.2, 0.25) is 0 Å². The van der Waals surface area contributed by atoms with Crippen LogP contribution in [0.1, 0.15) is 42.2 Å². The van der Waals surface area contributed by atoms with Crippen molar-refractivity contribution in [3.63, 3.8) is 0 Å². The van der Waals surface area contributed by atoms with Gasteiger partial charge < -0.3 is 0 Å². The van der Waals surface area contributed by atoms with Crippen LogP contribution in [0.15, 0.2) is 60.7 Å². The van der Waals surface area contributed by atoms with Gasteiger partial charge in [-0.15, -0.1) is 0 Å². The summed E-state index contributed by atoms with van der Waals surface area (Å²) in [7, 11) is 0. The fraction of sp³-hybridized carbons (Fsp3) is 0.333. The highest BCUT2D eigenvalue weighted by atomic mass is 16.1. The van der Waals surface area contributed by atoms with Gasteiger partial charge in [0.25, 0.3) is 0 Å². The summed E-state index contributed by atoms with van der Waals surface area (Å²) in [6.45, 7) is 0. The van der Waals surface area contributed by atoms with Crippen LogP contribution in [0.4, 0.5) is 0 Å². The van der Waals surface area contributed by atoms with Crippen LogP contribution >= 0.6 is 0 Å². The molecule has 2 nitrogen and oxygen atoms in total. The topological polar surface area (TPSA) is 34.1 Å². The van der Waals surface area contributed by atoms with Crippen LogP contribution in [0, 0.1) is 11.8 Å². The molecule has 23 heavy (non-hydrogen) atoms. The SMILES string of the molecule is O=C1C[C@H](c2ccccc2)[C@@H]2C[C@H]1[C@@H](c1ccccc1)CC2=O. The Morgan fingerprint density at radius 2 is 0.957 bits per heavy atom. The average molecular weight is 304 g/mol. The number of Topliss-reactive ketones (excluding diaryl/α,β-unsaturated/α-hetero) is 2. The minimum Gasteiger partial charge on any atom is -0.299 e. The fourth-order valence-electron chi connectivity index (χ4n) is 4.44. The largest absolute Gasteiger partial charge is 0.299 e. The minimum absolute atomic E-state index is 0.0139. The molecule has 2 aromatic rings. The van der Waals surface area contributed by atoms with Crippen LogP contribution < -0.4 is 0 Å². The Labute approximate surface area is 136 Å². The highest BCUT2D eigenvalue weighted by Crippen LogP contribution is 2.49. The maximum atomic E-state index is 12.8. The van der Waals surface area contributed by atoms with E-state index in [0.717, 1.165) is 17.5 Å². The zero-order chi connectivity index (χ0) is 15.8. The van der Waals surface area contributed by atoms with Gasteiger partial charge in [-0.1, -0.05) is 60.7 Å². The molecular formula is C21H20O2. The lowest BCUT2D eigenvalue weighted by molar-refractivity contribution is -0.137. The van der Waals surface area contributed by atoms with Crippen molar-refractivity contribution in [3.05, 3.63) is 71.8 Å². The molecule has 2 heteroatoms. The van der Waals surface area contributed by atoms with E-state index in [1.165, 1.54) is 0 Å². The van der Waals surface area contributed by atoms with E-state index in [9.17, 15) is 9.59 Å². The Hall–Kier alpha value is -2.22. The van der Waals surface area contributed by atoms with Gasteiger partial charge in [-0.2, -0.15) is 0 Å². The molecule has 2 aromatic carbocycles. The molecule has 0 radical (unpaired) electrons. The molecule has 2 saturated carbocycles. The van der Waals surface area contributed by atoms with E-state index < -0.39 is 0 Å². The van der Waals surface area contributed by atoms with Gasteiger partial charge >= 0.3 is 0 Å². The molecule has 0 spiro atoms. The normalized spacial score (nSPS) is 30.3. The number of carbonyl (C=O) groups excluding carboxylic acids is 2. The highest BCUT2D eigenvalue weighted by molar-refractivity contribution is 5.93. The maximum absolute atomic E-state index is 12.8. The first-order valence-electron chi connectivity index (χ1n) is 8.39. The van der Waals surface area contributed by atoms with Gasteiger partial charge in [-0.05, 0) is 17.5 Å². The molecule has 0 aliphatic heterocycles. The molecule has 0 heterocycles. The first-order valence-corrected chi connectivity index (χ1v) is 8.39. The molecule has 2 aliphatic rings. The molecule has 0 unspecified atom stereocenters. The number of benzene rings is 2. The van der Waals surface area contributed by atoms with E-state index in [2.05, 4.69) is 24.3 Å². The van der Waals surface area contributed by atoms with Gasteiger partial charge in [0.2, 0.25) is 0 Å². The van der Waals surface area contributed by atoms with Crippen LogP contribution in [0.25, 0.3) is 0 Å². The monoisotopic (exact) mass is 304 g/mol. The zero-order valence-electron chi connectivity index (χ0n) is 13.0. The Balaban J connectivity index is 1.65. The standard InChI is InChI=1S/C21H20O2/c22-20-12-16(14-7-3-1-4-8-14)18-11-19(20)17(13-21(18)23)15-9-5-2-6-10-15/h1-10,16-19H,11-13H2/t16-,17-,18+,19+/m1/s1. The molecule has 0 aromatic heterocycles. The van der Waals surface area contributed by atoms with E-state index in [1.807, 2.05) is 36.4 Å². The van der Waals surface area contributed by atoms with E-state index >= 15 is 0 Å². The molecule has 0 amide bonds.